The molecule has 0 saturated heterocycles. The SMILES string of the molecule is COCCOCOCN. The van der Waals surface area contributed by atoms with E-state index in [4.69, 9.17) is 15.2 Å². The fourth-order valence-corrected chi connectivity index (χ4v) is 0.308. The lowest BCUT2D eigenvalue weighted by molar-refractivity contribution is -0.0638. The van der Waals surface area contributed by atoms with E-state index in [0.717, 1.165) is 0 Å². The zero-order valence-corrected chi connectivity index (χ0v) is 5.63. The molecular weight excluding hydrogens is 122 g/mol. The second-order valence-corrected chi connectivity index (χ2v) is 1.39. The Morgan fingerprint density at radius 2 is 2.00 bits per heavy atom. The summed E-state index contributed by atoms with van der Waals surface area (Å²) in [5, 5.41) is 0. The van der Waals surface area contributed by atoms with Gasteiger partial charge in [0.05, 0.1) is 19.9 Å². The lowest BCUT2D eigenvalue weighted by Crippen LogP contribution is -2.10. The summed E-state index contributed by atoms with van der Waals surface area (Å²) in [6, 6.07) is 0. The van der Waals surface area contributed by atoms with Gasteiger partial charge in [-0.25, -0.2) is 0 Å². The highest BCUT2D eigenvalue weighted by Gasteiger charge is 1.83. The highest BCUT2D eigenvalue weighted by atomic mass is 16.7. The third-order valence-corrected chi connectivity index (χ3v) is 0.716. The molecule has 0 aromatic carbocycles. The van der Waals surface area contributed by atoms with Crippen LogP contribution in [0.3, 0.4) is 0 Å². The average molecular weight is 135 g/mol. The van der Waals surface area contributed by atoms with Crippen molar-refractivity contribution in [1.82, 2.24) is 0 Å². The van der Waals surface area contributed by atoms with Gasteiger partial charge in [-0.1, -0.05) is 0 Å². The molecule has 0 aromatic heterocycles. The molecule has 0 bridgehead atoms. The Labute approximate surface area is 54.9 Å². The summed E-state index contributed by atoms with van der Waals surface area (Å²) in [7, 11) is 1.62. The molecule has 4 heteroatoms. The molecule has 0 aromatic rings. The molecule has 4 nitrogen and oxygen atoms in total. The van der Waals surface area contributed by atoms with Gasteiger partial charge in [0.15, 0.2) is 0 Å². The Bertz CT molecular complexity index is 45.5. The molecular formula is C5H13NO3. The van der Waals surface area contributed by atoms with Crippen molar-refractivity contribution in [2.24, 2.45) is 5.73 Å². The third kappa shape index (κ3) is 7.84. The first-order valence-corrected chi connectivity index (χ1v) is 2.76. The first kappa shape index (κ1) is 8.84. The smallest absolute Gasteiger partial charge is 0.148 e. The molecule has 0 aliphatic carbocycles. The second kappa shape index (κ2) is 7.84. The van der Waals surface area contributed by atoms with Gasteiger partial charge in [0.2, 0.25) is 0 Å². The molecule has 0 fully saturated rings. The summed E-state index contributed by atoms with van der Waals surface area (Å²) < 4.78 is 14.3. The Balaban J connectivity index is 2.60. The fourth-order valence-electron chi connectivity index (χ4n) is 0.308. The Morgan fingerprint density at radius 3 is 2.56 bits per heavy atom. The predicted octanol–water partition coefficient (Wildman–Crippen LogP) is -0.460. The van der Waals surface area contributed by atoms with E-state index in [-0.39, 0.29) is 13.5 Å². The summed E-state index contributed by atoms with van der Waals surface area (Å²) in [6.45, 7) is 1.59. The molecule has 2 N–H and O–H groups in total. The van der Waals surface area contributed by atoms with Crippen LogP contribution in [-0.4, -0.2) is 33.8 Å². The molecule has 0 amide bonds. The Hall–Kier alpha value is -0.160. The maximum Gasteiger partial charge on any atom is 0.148 e. The van der Waals surface area contributed by atoms with Crippen LogP contribution in [0.15, 0.2) is 0 Å². The molecule has 9 heavy (non-hydrogen) atoms. The van der Waals surface area contributed by atoms with E-state index >= 15 is 0 Å². The number of ether oxygens (including phenoxy) is 3. The number of hydrogen-bond acceptors (Lipinski definition) is 4. The van der Waals surface area contributed by atoms with E-state index in [1.54, 1.807) is 7.11 Å². The van der Waals surface area contributed by atoms with E-state index in [9.17, 15) is 0 Å². The maximum absolute atomic E-state index is 5.01. The third-order valence-electron chi connectivity index (χ3n) is 0.716. The standard InChI is InChI=1S/C5H13NO3/c1-7-2-3-8-5-9-4-6/h2-6H2,1H3. The number of rotatable bonds is 6. The van der Waals surface area contributed by atoms with Gasteiger partial charge < -0.3 is 19.9 Å². The molecule has 0 heterocycles. The average Bonchev–Trinajstić information content (AvgIpc) is 1.89. The summed E-state index contributed by atoms with van der Waals surface area (Å²) in [6.07, 6.45) is 0. The number of methoxy groups -OCH3 is 1. The second-order valence-electron chi connectivity index (χ2n) is 1.39. The van der Waals surface area contributed by atoms with Gasteiger partial charge >= 0.3 is 0 Å². The van der Waals surface area contributed by atoms with Crippen LogP contribution in [0.1, 0.15) is 0 Å². The summed E-state index contributed by atoms with van der Waals surface area (Å²) >= 11 is 0. The molecule has 0 aliphatic rings. The van der Waals surface area contributed by atoms with Crippen LogP contribution in [0, 0.1) is 0 Å². The zero-order valence-electron chi connectivity index (χ0n) is 5.63. The lowest BCUT2D eigenvalue weighted by atomic mass is 10.8. The van der Waals surface area contributed by atoms with Crippen molar-refractivity contribution in [3.05, 3.63) is 0 Å². The summed E-state index contributed by atoms with van der Waals surface area (Å²) in [4.78, 5) is 0. The van der Waals surface area contributed by atoms with Gasteiger partial charge in [0.1, 0.15) is 6.79 Å². The normalized spacial score (nSPS) is 10.0. The molecule has 0 unspecified atom stereocenters. The first-order chi connectivity index (χ1) is 4.41. The van der Waals surface area contributed by atoms with Crippen molar-refractivity contribution in [3.8, 4) is 0 Å². The van der Waals surface area contributed by atoms with Crippen molar-refractivity contribution < 1.29 is 14.2 Å². The molecule has 0 radical (unpaired) electrons. The fraction of sp³-hybridized carbons (Fsp3) is 1.00. The van der Waals surface area contributed by atoms with Crippen LogP contribution in [0.4, 0.5) is 0 Å². The van der Waals surface area contributed by atoms with E-state index in [1.807, 2.05) is 0 Å². The van der Waals surface area contributed by atoms with Gasteiger partial charge in [-0.2, -0.15) is 0 Å². The van der Waals surface area contributed by atoms with E-state index in [1.165, 1.54) is 0 Å². The van der Waals surface area contributed by atoms with Gasteiger partial charge in [-0.15, -0.1) is 0 Å². The van der Waals surface area contributed by atoms with E-state index in [0.29, 0.717) is 13.2 Å². The van der Waals surface area contributed by atoms with Crippen molar-refractivity contribution in [2.75, 3.05) is 33.8 Å². The zero-order chi connectivity index (χ0) is 6.95. The van der Waals surface area contributed by atoms with Crippen LogP contribution in [0.5, 0.6) is 0 Å². The molecule has 0 saturated carbocycles. The largest absolute Gasteiger partial charge is 0.382 e. The number of hydrogen-bond donors (Lipinski definition) is 1. The van der Waals surface area contributed by atoms with Crippen molar-refractivity contribution in [3.63, 3.8) is 0 Å². The maximum atomic E-state index is 5.01. The van der Waals surface area contributed by atoms with Gasteiger partial charge in [-0.3, -0.25) is 0 Å². The first-order valence-electron chi connectivity index (χ1n) is 2.76. The van der Waals surface area contributed by atoms with Crippen molar-refractivity contribution in [2.45, 2.75) is 0 Å². The minimum atomic E-state index is 0.201. The van der Waals surface area contributed by atoms with Gasteiger partial charge in [-0.05, 0) is 0 Å². The highest BCUT2D eigenvalue weighted by Crippen LogP contribution is 1.75. The molecule has 0 atom stereocenters. The molecule has 56 valence electrons. The molecule has 0 rings (SSSR count). The Morgan fingerprint density at radius 1 is 1.22 bits per heavy atom. The van der Waals surface area contributed by atoms with Crippen molar-refractivity contribution in [1.29, 1.82) is 0 Å². The number of nitrogens with two attached hydrogens (primary N) is 1. The quantitative estimate of drug-likeness (QED) is 0.395. The van der Waals surface area contributed by atoms with Gasteiger partial charge in [0.25, 0.3) is 0 Å². The van der Waals surface area contributed by atoms with Crippen LogP contribution in [0.25, 0.3) is 0 Å². The summed E-state index contributed by atoms with van der Waals surface area (Å²) in [5.74, 6) is 0. The minimum absolute atomic E-state index is 0.201. The topological polar surface area (TPSA) is 53.7 Å². The lowest BCUT2D eigenvalue weighted by Gasteiger charge is -2.01. The minimum Gasteiger partial charge on any atom is -0.382 e. The van der Waals surface area contributed by atoms with Crippen LogP contribution in [-0.2, 0) is 14.2 Å². The van der Waals surface area contributed by atoms with Crippen molar-refractivity contribution >= 4 is 0 Å². The van der Waals surface area contributed by atoms with Gasteiger partial charge in [0, 0.05) is 7.11 Å². The van der Waals surface area contributed by atoms with Crippen LogP contribution in [0.2, 0.25) is 0 Å². The van der Waals surface area contributed by atoms with E-state index in [2.05, 4.69) is 4.74 Å². The highest BCUT2D eigenvalue weighted by molar-refractivity contribution is 4.20. The predicted molar refractivity (Wildman–Crippen MR) is 32.8 cm³/mol. The monoisotopic (exact) mass is 135 g/mol. The van der Waals surface area contributed by atoms with E-state index < -0.39 is 0 Å². The van der Waals surface area contributed by atoms with Crippen LogP contribution < -0.4 is 5.73 Å². The molecule has 0 spiro atoms. The van der Waals surface area contributed by atoms with Crippen LogP contribution >= 0.6 is 0 Å². The molecule has 0 aliphatic heterocycles. The summed E-state index contributed by atoms with van der Waals surface area (Å²) in [5.41, 5.74) is 5.01. The Kier molecular flexibility index (Phi) is 7.70.